The zero-order chi connectivity index (χ0) is 18.0. The van der Waals surface area contributed by atoms with Crippen LogP contribution in [0.1, 0.15) is 40.0 Å². The lowest BCUT2D eigenvalue weighted by Gasteiger charge is -2.47. The first kappa shape index (κ1) is 18.4. The molecule has 0 aliphatic heterocycles. The van der Waals surface area contributed by atoms with Gasteiger partial charge in [-0.2, -0.15) is 0 Å². The topological polar surface area (TPSA) is 29.5 Å². The van der Waals surface area contributed by atoms with Gasteiger partial charge in [-0.25, -0.2) is 0 Å². The standard InChI is InChI=1S/C22H30O2Si/c1-21(2,3)25(19-11-6-4-7-12-19,20-13-8-5-9-14-20)24-18-22(17-23)15-10-16-22/h4-9,11-14,23H,10,15-18H2,1-3H3. The van der Waals surface area contributed by atoms with Gasteiger partial charge in [-0.15, -0.1) is 0 Å². The summed E-state index contributed by atoms with van der Waals surface area (Å²) in [5, 5.41) is 12.5. The zero-order valence-corrected chi connectivity index (χ0v) is 16.7. The van der Waals surface area contributed by atoms with E-state index < -0.39 is 8.32 Å². The number of hydrogen-bond acceptors (Lipinski definition) is 2. The van der Waals surface area contributed by atoms with Crippen molar-refractivity contribution < 1.29 is 9.53 Å². The molecule has 0 unspecified atom stereocenters. The summed E-state index contributed by atoms with van der Waals surface area (Å²) in [5.41, 5.74) is -0.0347. The molecule has 3 heteroatoms. The van der Waals surface area contributed by atoms with E-state index in [1.54, 1.807) is 0 Å². The van der Waals surface area contributed by atoms with Gasteiger partial charge >= 0.3 is 0 Å². The van der Waals surface area contributed by atoms with Crippen LogP contribution >= 0.6 is 0 Å². The molecular formula is C22H30O2Si. The van der Waals surface area contributed by atoms with Gasteiger partial charge in [0, 0.05) is 12.0 Å². The van der Waals surface area contributed by atoms with E-state index in [2.05, 4.69) is 81.4 Å². The van der Waals surface area contributed by atoms with Crippen LogP contribution in [0.2, 0.25) is 5.04 Å². The van der Waals surface area contributed by atoms with Crippen molar-refractivity contribution in [2.45, 2.75) is 45.1 Å². The highest BCUT2D eigenvalue weighted by atomic mass is 28.4. The molecule has 2 aromatic carbocycles. The predicted molar refractivity (Wildman–Crippen MR) is 107 cm³/mol. The van der Waals surface area contributed by atoms with E-state index in [0.29, 0.717) is 6.61 Å². The minimum absolute atomic E-state index is 0.00387. The molecule has 0 atom stereocenters. The predicted octanol–water partition coefficient (Wildman–Crippen LogP) is 3.73. The Morgan fingerprint density at radius 3 is 1.72 bits per heavy atom. The largest absolute Gasteiger partial charge is 0.407 e. The Balaban J connectivity index is 2.09. The van der Waals surface area contributed by atoms with E-state index in [4.69, 9.17) is 4.43 Å². The van der Waals surface area contributed by atoms with Crippen LogP contribution in [0.4, 0.5) is 0 Å². The lowest BCUT2D eigenvalue weighted by atomic mass is 9.70. The SMILES string of the molecule is CC(C)(C)[Si](OCC1(CO)CCC1)(c1ccccc1)c1ccccc1. The molecule has 1 aliphatic rings. The third-order valence-electron chi connectivity index (χ3n) is 5.76. The molecule has 0 bridgehead atoms. The molecule has 2 aromatic rings. The Kier molecular flexibility index (Phi) is 5.19. The maximum Gasteiger partial charge on any atom is 0.261 e. The van der Waals surface area contributed by atoms with Crippen molar-refractivity contribution in [2.24, 2.45) is 5.41 Å². The third-order valence-corrected chi connectivity index (χ3v) is 10.7. The molecule has 1 saturated carbocycles. The molecule has 0 spiro atoms. The summed E-state index contributed by atoms with van der Waals surface area (Å²) in [6, 6.07) is 21.5. The summed E-state index contributed by atoms with van der Waals surface area (Å²) in [5.74, 6) is 0. The molecule has 2 nitrogen and oxygen atoms in total. The van der Waals surface area contributed by atoms with Gasteiger partial charge in [-0.1, -0.05) is 87.9 Å². The third kappa shape index (κ3) is 3.33. The van der Waals surface area contributed by atoms with Gasteiger partial charge in [-0.3, -0.25) is 0 Å². The number of rotatable bonds is 6. The summed E-state index contributed by atoms with van der Waals surface area (Å²) in [6.07, 6.45) is 3.34. The molecule has 3 rings (SSSR count). The molecule has 0 heterocycles. The second-order valence-electron chi connectivity index (χ2n) is 8.46. The second-order valence-corrected chi connectivity index (χ2v) is 12.8. The van der Waals surface area contributed by atoms with Gasteiger partial charge in [0.2, 0.25) is 0 Å². The molecule has 0 amide bonds. The van der Waals surface area contributed by atoms with E-state index in [1.807, 2.05) is 0 Å². The second kappa shape index (κ2) is 7.06. The highest BCUT2D eigenvalue weighted by Gasteiger charge is 2.51. The van der Waals surface area contributed by atoms with Gasteiger partial charge < -0.3 is 9.53 Å². The number of benzene rings is 2. The van der Waals surface area contributed by atoms with Crippen molar-refractivity contribution in [1.82, 2.24) is 0 Å². The molecule has 134 valence electrons. The van der Waals surface area contributed by atoms with E-state index in [1.165, 1.54) is 16.8 Å². The first-order valence-electron chi connectivity index (χ1n) is 9.29. The molecule has 0 aromatic heterocycles. The van der Waals surface area contributed by atoms with Gasteiger partial charge in [0.25, 0.3) is 8.32 Å². The normalized spacial score (nSPS) is 17.1. The van der Waals surface area contributed by atoms with Crippen LogP contribution < -0.4 is 10.4 Å². The van der Waals surface area contributed by atoms with Gasteiger partial charge in [0.15, 0.2) is 0 Å². The molecule has 1 N–H and O–H groups in total. The Hall–Kier alpha value is -1.42. The van der Waals surface area contributed by atoms with Crippen molar-refractivity contribution in [3.8, 4) is 0 Å². The fourth-order valence-corrected chi connectivity index (χ4v) is 8.73. The van der Waals surface area contributed by atoms with Crippen molar-refractivity contribution >= 4 is 18.7 Å². The monoisotopic (exact) mass is 354 g/mol. The van der Waals surface area contributed by atoms with Crippen LogP contribution in [0.25, 0.3) is 0 Å². The summed E-state index contributed by atoms with van der Waals surface area (Å²) in [4.78, 5) is 0. The van der Waals surface area contributed by atoms with Crippen molar-refractivity contribution in [3.63, 3.8) is 0 Å². The lowest BCUT2D eigenvalue weighted by molar-refractivity contribution is -0.00322. The Bertz CT molecular complexity index is 627. The van der Waals surface area contributed by atoms with E-state index in [9.17, 15) is 5.11 Å². The smallest absolute Gasteiger partial charge is 0.261 e. The fraction of sp³-hybridized carbons (Fsp3) is 0.455. The summed E-state index contributed by atoms with van der Waals surface area (Å²) in [7, 11) is -2.47. The minimum Gasteiger partial charge on any atom is -0.407 e. The van der Waals surface area contributed by atoms with Crippen LogP contribution in [0.3, 0.4) is 0 Å². The number of aliphatic hydroxyl groups is 1. The van der Waals surface area contributed by atoms with Crippen LogP contribution in [0.15, 0.2) is 60.7 Å². The van der Waals surface area contributed by atoms with Crippen molar-refractivity contribution in [3.05, 3.63) is 60.7 Å². The molecule has 0 saturated heterocycles. The van der Waals surface area contributed by atoms with Gasteiger partial charge in [0.1, 0.15) is 0 Å². The van der Waals surface area contributed by atoms with Crippen molar-refractivity contribution in [1.29, 1.82) is 0 Å². The zero-order valence-electron chi connectivity index (χ0n) is 15.7. The highest BCUT2D eigenvalue weighted by molar-refractivity contribution is 6.99. The Labute approximate surface area is 153 Å². The van der Waals surface area contributed by atoms with Crippen LogP contribution in [-0.4, -0.2) is 26.6 Å². The first-order chi connectivity index (χ1) is 11.9. The molecule has 25 heavy (non-hydrogen) atoms. The van der Waals surface area contributed by atoms with Crippen LogP contribution in [0, 0.1) is 5.41 Å². The van der Waals surface area contributed by atoms with Crippen LogP contribution in [-0.2, 0) is 4.43 Å². The maximum absolute atomic E-state index is 9.91. The average Bonchev–Trinajstić information content (AvgIpc) is 2.58. The van der Waals surface area contributed by atoms with E-state index in [0.717, 1.165) is 12.8 Å². The molecule has 1 fully saturated rings. The average molecular weight is 355 g/mol. The van der Waals surface area contributed by atoms with E-state index >= 15 is 0 Å². The van der Waals surface area contributed by atoms with Gasteiger partial charge in [-0.05, 0) is 28.3 Å². The maximum atomic E-state index is 9.91. The summed E-state index contributed by atoms with van der Waals surface area (Å²) < 4.78 is 6.94. The quantitative estimate of drug-likeness (QED) is 0.801. The first-order valence-corrected chi connectivity index (χ1v) is 11.2. The molecule has 1 aliphatic carbocycles. The summed E-state index contributed by atoms with van der Waals surface area (Å²) >= 11 is 0. The highest BCUT2D eigenvalue weighted by Crippen LogP contribution is 2.43. The molecular weight excluding hydrogens is 324 g/mol. The Morgan fingerprint density at radius 1 is 0.920 bits per heavy atom. The molecule has 0 radical (unpaired) electrons. The van der Waals surface area contributed by atoms with E-state index in [-0.39, 0.29) is 17.1 Å². The summed E-state index contributed by atoms with van der Waals surface area (Å²) in [6.45, 7) is 7.77. The number of aliphatic hydroxyl groups excluding tert-OH is 1. The van der Waals surface area contributed by atoms with Crippen LogP contribution in [0.5, 0.6) is 0 Å². The van der Waals surface area contributed by atoms with Gasteiger partial charge in [0.05, 0.1) is 6.61 Å². The van der Waals surface area contributed by atoms with Crippen molar-refractivity contribution in [2.75, 3.05) is 13.2 Å². The minimum atomic E-state index is -2.47. The number of hydrogen-bond donors (Lipinski definition) is 1. The lowest BCUT2D eigenvalue weighted by Crippen LogP contribution is -2.67. The fourth-order valence-electron chi connectivity index (χ4n) is 4.05. The Morgan fingerprint density at radius 2 is 1.40 bits per heavy atom.